The summed E-state index contributed by atoms with van der Waals surface area (Å²) in [5, 5.41) is 1.18. The molecular formula is C19H19N5O4. The number of rotatable bonds is 3. The highest BCUT2D eigenvalue weighted by Gasteiger charge is 2.11. The van der Waals surface area contributed by atoms with Gasteiger partial charge in [0.15, 0.2) is 0 Å². The van der Waals surface area contributed by atoms with E-state index >= 15 is 0 Å². The van der Waals surface area contributed by atoms with E-state index in [0.717, 1.165) is 11.3 Å². The summed E-state index contributed by atoms with van der Waals surface area (Å²) in [4.78, 5) is 35.8. The third kappa shape index (κ3) is 3.99. The van der Waals surface area contributed by atoms with Crippen LogP contribution in [0, 0.1) is 0 Å². The minimum atomic E-state index is -0.342. The van der Waals surface area contributed by atoms with E-state index in [1.54, 1.807) is 56.1 Å². The van der Waals surface area contributed by atoms with Crippen LogP contribution in [0.3, 0.4) is 0 Å². The average Bonchev–Trinajstić information content (AvgIpc) is 3.40. The van der Waals surface area contributed by atoms with E-state index in [1.165, 1.54) is 19.3 Å². The molecule has 0 unspecified atom stereocenters. The van der Waals surface area contributed by atoms with Crippen molar-refractivity contribution < 1.29 is 19.2 Å². The Hall–Kier alpha value is -3.72. The van der Waals surface area contributed by atoms with E-state index in [4.69, 9.17) is 4.84 Å². The molecule has 144 valence electrons. The number of ether oxygens (including phenoxy) is 1. The predicted molar refractivity (Wildman–Crippen MR) is 101 cm³/mol. The number of pyridine rings is 2. The molecule has 0 bridgehead atoms. The van der Waals surface area contributed by atoms with Crippen molar-refractivity contribution in [1.29, 1.82) is 0 Å². The van der Waals surface area contributed by atoms with Gasteiger partial charge in [0.2, 0.25) is 0 Å². The third-order valence-electron chi connectivity index (χ3n) is 4.02. The molecule has 0 aromatic carbocycles. The molecule has 0 N–H and O–H groups in total. The van der Waals surface area contributed by atoms with Gasteiger partial charge in [-0.1, -0.05) is 0 Å². The van der Waals surface area contributed by atoms with Crippen LogP contribution in [-0.4, -0.2) is 57.0 Å². The summed E-state index contributed by atoms with van der Waals surface area (Å²) >= 11 is 0. The number of fused-ring (bicyclic) bond motifs is 2. The van der Waals surface area contributed by atoms with Crippen molar-refractivity contribution in [2.75, 3.05) is 21.3 Å². The lowest BCUT2D eigenvalue weighted by Gasteiger charge is -2.13. The van der Waals surface area contributed by atoms with Crippen molar-refractivity contribution in [2.24, 2.45) is 0 Å². The van der Waals surface area contributed by atoms with Crippen molar-refractivity contribution in [3.05, 3.63) is 72.6 Å². The molecule has 0 aliphatic carbocycles. The second-order valence-corrected chi connectivity index (χ2v) is 5.69. The Kier molecular flexibility index (Phi) is 5.66. The van der Waals surface area contributed by atoms with Gasteiger partial charge < -0.3 is 13.5 Å². The van der Waals surface area contributed by atoms with Crippen molar-refractivity contribution in [3.8, 4) is 0 Å². The van der Waals surface area contributed by atoms with Gasteiger partial charge in [0.1, 0.15) is 11.3 Å². The van der Waals surface area contributed by atoms with E-state index in [2.05, 4.69) is 14.7 Å². The molecule has 1 amide bonds. The van der Waals surface area contributed by atoms with Crippen molar-refractivity contribution in [3.63, 3.8) is 0 Å². The fourth-order valence-electron chi connectivity index (χ4n) is 2.46. The Balaban J connectivity index is 0.000000162. The van der Waals surface area contributed by atoms with E-state index < -0.39 is 0 Å². The first kappa shape index (κ1) is 19.1. The summed E-state index contributed by atoms with van der Waals surface area (Å²) in [6, 6.07) is 6.83. The first-order valence-corrected chi connectivity index (χ1v) is 8.29. The number of imidazole rings is 2. The van der Waals surface area contributed by atoms with Gasteiger partial charge in [0.05, 0.1) is 19.8 Å². The number of hydrogen-bond donors (Lipinski definition) is 0. The SMILES string of the molecule is COC(=O)c1ccn2ccnc2c1.CON(C)C(=O)c1ccn2ccnc2c1. The first-order valence-electron chi connectivity index (χ1n) is 8.29. The van der Waals surface area contributed by atoms with Crippen LogP contribution in [-0.2, 0) is 9.57 Å². The molecule has 9 nitrogen and oxygen atoms in total. The van der Waals surface area contributed by atoms with Crippen LogP contribution in [0.4, 0.5) is 0 Å². The number of carbonyl (C=O) groups excluding carboxylic acids is 2. The van der Waals surface area contributed by atoms with Crippen molar-refractivity contribution in [1.82, 2.24) is 23.8 Å². The number of carbonyl (C=O) groups is 2. The normalized spacial score (nSPS) is 10.4. The topological polar surface area (TPSA) is 90.4 Å². The summed E-state index contributed by atoms with van der Waals surface area (Å²) in [5.41, 5.74) is 2.55. The molecule has 0 radical (unpaired) electrons. The lowest BCUT2D eigenvalue weighted by Crippen LogP contribution is -2.25. The molecular weight excluding hydrogens is 362 g/mol. The van der Waals surface area contributed by atoms with Crippen molar-refractivity contribution in [2.45, 2.75) is 0 Å². The van der Waals surface area contributed by atoms with Gasteiger partial charge in [0, 0.05) is 49.8 Å². The highest BCUT2D eigenvalue weighted by atomic mass is 16.7. The smallest absolute Gasteiger partial charge is 0.338 e. The Bertz CT molecular complexity index is 1120. The number of nitrogens with zero attached hydrogens (tertiary/aromatic N) is 5. The molecule has 0 fully saturated rings. The monoisotopic (exact) mass is 381 g/mol. The lowest BCUT2D eigenvalue weighted by atomic mass is 10.2. The largest absolute Gasteiger partial charge is 0.465 e. The lowest BCUT2D eigenvalue weighted by molar-refractivity contribution is -0.0756. The molecule has 4 aromatic heterocycles. The van der Waals surface area contributed by atoms with E-state index in [0.29, 0.717) is 11.1 Å². The number of methoxy groups -OCH3 is 1. The molecule has 4 rings (SSSR count). The quantitative estimate of drug-likeness (QED) is 0.399. The number of hydrogen-bond acceptors (Lipinski definition) is 6. The molecule has 9 heteroatoms. The summed E-state index contributed by atoms with van der Waals surface area (Å²) < 4.78 is 8.25. The maximum Gasteiger partial charge on any atom is 0.338 e. The number of hydroxylamine groups is 2. The van der Waals surface area contributed by atoms with Gasteiger partial charge in [-0.05, 0) is 24.3 Å². The second kappa shape index (κ2) is 8.31. The zero-order valence-electron chi connectivity index (χ0n) is 15.6. The zero-order valence-corrected chi connectivity index (χ0v) is 15.6. The number of esters is 1. The molecule has 0 aliphatic heterocycles. The van der Waals surface area contributed by atoms with Gasteiger partial charge in [0.25, 0.3) is 5.91 Å². The molecule has 0 atom stereocenters. The van der Waals surface area contributed by atoms with Crippen LogP contribution in [0.1, 0.15) is 20.7 Å². The highest BCUT2D eigenvalue weighted by molar-refractivity contribution is 5.94. The van der Waals surface area contributed by atoms with Crippen LogP contribution in [0.25, 0.3) is 11.3 Å². The fraction of sp³-hybridized carbons (Fsp3) is 0.158. The van der Waals surface area contributed by atoms with E-state index in [1.807, 2.05) is 21.2 Å². The first-order chi connectivity index (χ1) is 13.5. The van der Waals surface area contributed by atoms with Crippen LogP contribution in [0.15, 0.2) is 61.4 Å². The second-order valence-electron chi connectivity index (χ2n) is 5.69. The maximum atomic E-state index is 11.7. The molecule has 28 heavy (non-hydrogen) atoms. The molecule has 0 aliphatic rings. The van der Waals surface area contributed by atoms with Crippen LogP contribution in [0.2, 0.25) is 0 Å². The van der Waals surface area contributed by atoms with Crippen LogP contribution < -0.4 is 0 Å². The number of aromatic nitrogens is 4. The average molecular weight is 381 g/mol. The van der Waals surface area contributed by atoms with Gasteiger partial charge in [-0.3, -0.25) is 9.63 Å². The Morgan fingerprint density at radius 1 is 0.893 bits per heavy atom. The molecule has 4 heterocycles. The summed E-state index contributed by atoms with van der Waals surface area (Å²) in [7, 11) is 4.38. The Morgan fingerprint density at radius 2 is 1.43 bits per heavy atom. The fourth-order valence-corrected chi connectivity index (χ4v) is 2.46. The maximum absolute atomic E-state index is 11.7. The molecule has 0 saturated carbocycles. The van der Waals surface area contributed by atoms with Crippen LogP contribution in [0.5, 0.6) is 0 Å². The third-order valence-corrected chi connectivity index (χ3v) is 4.02. The summed E-state index contributed by atoms with van der Waals surface area (Å²) in [6.45, 7) is 0. The highest BCUT2D eigenvalue weighted by Crippen LogP contribution is 2.08. The molecule has 0 saturated heterocycles. The predicted octanol–water partition coefficient (Wildman–Crippen LogP) is 2.09. The van der Waals surface area contributed by atoms with Gasteiger partial charge in [-0.25, -0.2) is 19.8 Å². The summed E-state index contributed by atoms with van der Waals surface area (Å²) in [6.07, 6.45) is 10.6. The van der Waals surface area contributed by atoms with E-state index in [-0.39, 0.29) is 11.9 Å². The van der Waals surface area contributed by atoms with Gasteiger partial charge >= 0.3 is 5.97 Å². The molecule has 0 spiro atoms. The summed E-state index contributed by atoms with van der Waals surface area (Å²) in [5.74, 6) is -0.534. The minimum Gasteiger partial charge on any atom is -0.465 e. The molecule has 4 aromatic rings. The Labute approximate surface area is 160 Å². The van der Waals surface area contributed by atoms with Crippen molar-refractivity contribution >= 4 is 23.2 Å². The minimum absolute atomic E-state index is 0.192. The standard InChI is InChI=1S/C10H11N3O2.C9H8N2O2/c1-12(15-2)10(14)8-3-5-13-6-4-11-9(13)7-8;1-13-9(12)7-2-4-11-5-3-10-8(11)6-7/h3-7H,1-2H3;2-6H,1H3. The van der Waals surface area contributed by atoms with Gasteiger partial charge in [-0.2, -0.15) is 0 Å². The van der Waals surface area contributed by atoms with E-state index in [9.17, 15) is 9.59 Å². The Morgan fingerprint density at radius 3 is 1.96 bits per heavy atom. The van der Waals surface area contributed by atoms with Gasteiger partial charge in [-0.15, -0.1) is 0 Å². The number of amides is 1. The zero-order chi connectivity index (χ0) is 20.1. The van der Waals surface area contributed by atoms with Crippen LogP contribution >= 0.6 is 0 Å².